The molecular formula is C30H39ClFN3O3. The molecule has 206 valence electrons. The quantitative estimate of drug-likeness (QED) is 0.470. The van der Waals surface area contributed by atoms with Crippen molar-refractivity contribution in [1.82, 2.24) is 15.5 Å². The van der Waals surface area contributed by atoms with Crippen LogP contribution in [0.4, 0.5) is 4.39 Å². The molecule has 8 heteroatoms. The predicted molar refractivity (Wildman–Crippen MR) is 148 cm³/mol. The molecule has 3 heterocycles. The molecule has 3 aliphatic heterocycles. The van der Waals surface area contributed by atoms with Gasteiger partial charge < -0.3 is 20.1 Å². The second-order valence-corrected chi connectivity index (χ2v) is 11.4. The number of halogens is 2. The van der Waals surface area contributed by atoms with Gasteiger partial charge in [-0.15, -0.1) is 0 Å². The molecule has 3 fully saturated rings. The van der Waals surface area contributed by atoms with E-state index in [4.69, 9.17) is 21.1 Å². The Hall–Kier alpha value is -2.19. The Morgan fingerprint density at radius 1 is 1.21 bits per heavy atom. The molecule has 1 amide bonds. The smallest absolute Gasteiger partial charge is 0.251 e. The second-order valence-electron chi connectivity index (χ2n) is 11.0. The first-order valence-corrected chi connectivity index (χ1v) is 14.3. The highest BCUT2D eigenvalue weighted by Crippen LogP contribution is 2.43. The van der Waals surface area contributed by atoms with E-state index >= 15 is 0 Å². The van der Waals surface area contributed by atoms with E-state index in [1.54, 1.807) is 0 Å². The number of hydrogen-bond donors (Lipinski definition) is 2. The molecule has 2 bridgehead atoms. The molecule has 38 heavy (non-hydrogen) atoms. The first-order valence-electron chi connectivity index (χ1n) is 13.9. The van der Waals surface area contributed by atoms with Crippen LogP contribution in [0.15, 0.2) is 30.3 Å². The minimum Gasteiger partial charge on any atom is -0.493 e. The normalized spacial score (nSPS) is 26.2. The summed E-state index contributed by atoms with van der Waals surface area (Å²) in [6.07, 6.45) is 5.22. The van der Waals surface area contributed by atoms with Crippen LogP contribution in [0.5, 0.6) is 5.75 Å². The number of carbonyl (C=O) groups excluding carboxylic acids is 1. The van der Waals surface area contributed by atoms with Crippen LogP contribution >= 0.6 is 11.6 Å². The molecule has 0 aromatic heterocycles. The molecular weight excluding hydrogens is 505 g/mol. The van der Waals surface area contributed by atoms with Gasteiger partial charge in [0.05, 0.1) is 24.3 Å². The third-order valence-corrected chi connectivity index (χ3v) is 8.97. The largest absolute Gasteiger partial charge is 0.493 e. The van der Waals surface area contributed by atoms with Crippen molar-refractivity contribution in [2.24, 2.45) is 0 Å². The summed E-state index contributed by atoms with van der Waals surface area (Å²) in [6, 6.07) is 9.72. The maximum atomic E-state index is 13.5. The van der Waals surface area contributed by atoms with Gasteiger partial charge in [0.15, 0.2) is 0 Å². The van der Waals surface area contributed by atoms with Gasteiger partial charge in [-0.05, 0) is 87.4 Å². The van der Waals surface area contributed by atoms with Gasteiger partial charge in [0.2, 0.25) is 0 Å². The van der Waals surface area contributed by atoms with Gasteiger partial charge in [-0.3, -0.25) is 9.69 Å². The predicted octanol–water partition coefficient (Wildman–Crippen LogP) is 5.34. The Kier molecular flexibility index (Phi) is 8.58. The van der Waals surface area contributed by atoms with Gasteiger partial charge in [0.25, 0.3) is 5.91 Å². The van der Waals surface area contributed by atoms with Crippen LogP contribution < -0.4 is 15.4 Å². The zero-order valence-electron chi connectivity index (χ0n) is 22.6. The van der Waals surface area contributed by atoms with E-state index in [0.717, 1.165) is 57.6 Å². The summed E-state index contributed by atoms with van der Waals surface area (Å²) in [6.45, 7) is 9.89. The molecule has 6 nitrogen and oxygen atoms in total. The summed E-state index contributed by atoms with van der Waals surface area (Å²) in [5.74, 6) is 0.249. The van der Waals surface area contributed by atoms with Gasteiger partial charge in [-0.1, -0.05) is 17.7 Å². The van der Waals surface area contributed by atoms with Gasteiger partial charge in [0, 0.05) is 49.2 Å². The molecule has 0 spiro atoms. The zero-order valence-corrected chi connectivity index (χ0v) is 23.3. The minimum atomic E-state index is -0.514. The fraction of sp³-hybridized carbons (Fsp3) is 0.567. The lowest BCUT2D eigenvalue weighted by atomic mass is 9.91. The van der Waals surface area contributed by atoms with Crippen molar-refractivity contribution < 1.29 is 18.7 Å². The average Bonchev–Trinajstić information content (AvgIpc) is 3.18. The minimum absolute atomic E-state index is 0.0287. The van der Waals surface area contributed by atoms with Crippen molar-refractivity contribution >= 4 is 17.5 Å². The van der Waals surface area contributed by atoms with E-state index in [-0.39, 0.29) is 29.1 Å². The number of rotatable bonds is 8. The summed E-state index contributed by atoms with van der Waals surface area (Å²) in [5, 5.41) is 6.52. The lowest BCUT2D eigenvalue weighted by Crippen LogP contribution is -2.51. The van der Waals surface area contributed by atoms with E-state index in [1.807, 2.05) is 0 Å². The van der Waals surface area contributed by atoms with Crippen molar-refractivity contribution in [2.45, 2.75) is 83.1 Å². The van der Waals surface area contributed by atoms with Gasteiger partial charge in [-0.25, -0.2) is 4.39 Å². The van der Waals surface area contributed by atoms with Gasteiger partial charge in [0.1, 0.15) is 11.6 Å². The van der Waals surface area contributed by atoms with E-state index < -0.39 is 5.82 Å². The number of hydrogen-bond acceptors (Lipinski definition) is 5. The second kappa shape index (κ2) is 11.9. The summed E-state index contributed by atoms with van der Waals surface area (Å²) >= 11 is 5.88. The van der Waals surface area contributed by atoms with E-state index in [9.17, 15) is 9.18 Å². The third-order valence-electron chi connectivity index (χ3n) is 8.69. The van der Waals surface area contributed by atoms with Crippen molar-refractivity contribution in [2.75, 3.05) is 26.3 Å². The SMILES string of the molecule is Cc1c(OCCC2CNCCO2)ccc(C(C)N2C3CCC2CC(NC(=O)c2ccc(F)c(Cl)c2)C3)c1C. The lowest BCUT2D eigenvalue weighted by molar-refractivity contribution is 0.0158. The molecule has 2 N–H and O–H groups in total. The van der Waals surface area contributed by atoms with Crippen LogP contribution in [0.2, 0.25) is 5.02 Å². The van der Waals surface area contributed by atoms with Crippen molar-refractivity contribution in [3.8, 4) is 5.75 Å². The van der Waals surface area contributed by atoms with Gasteiger partial charge in [-0.2, -0.15) is 0 Å². The maximum Gasteiger partial charge on any atom is 0.251 e. The standard InChI is InChI=1S/C30H39ClFN3O3/c1-18-19(2)29(38-12-10-25-17-33-11-13-37-25)9-7-26(18)20(3)35-23-5-6-24(35)16-22(15-23)34-30(36)21-4-8-28(32)27(31)14-21/h4,7-9,14,20,22-25,33H,5-6,10-13,15-17H2,1-3H3,(H,34,36). The summed E-state index contributed by atoms with van der Waals surface area (Å²) < 4.78 is 25.5. The fourth-order valence-corrected chi connectivity index (χ4v) is 6.74. The summed E-state index contributed by atoms with van der Waals surface area (Å²) in [7, 11) is 0. The van der Waals surface area contributed by atoms with Crippen LogP contribution in [0.1, 0.15) is 72.1 Å². The Bertz CT molecular complexity index is 1140. The van der Waals surface area contributed by atoms with Crippen LogP contribution in [0.3, 0.4) is 0 Å². The number of nitrogens with zero attached hydrogens (tertiary/aromatic N) is 1. The highest BCUT2D eigenvalue weighted by atomic mass is 35.5. The molecule has 4 unspecified atom stereocenters. The van der Waals surface area contributed by atoms with Crippen molar-refractivity contribution in [3.63, 3.8) is 0 Å². The highest BCUT2D eigenvalue weighted by molar-refractivity contribution is 6.31. The van der Waals surface area contributed by atoms with Crippen LogP contribution in [-0.4, -0.2) is 61.3 Å². The number of benzene rings is 2. The zero-order chi connectivity index (χ0) is 26.8. The molecule has 0 aliphatic carbocycles. The molecule has 0 radical (unpaired) electrons. The van der Waals surface area contributed by atoms with E-state index in [2.05, 4.69) is 48.4 Å². The molecule has 3 saturated heterocycles. The number of ether oxygens (including phenoxy) is 2. The first kappa shape index (κ1) is 27.4. The highest BCUT2D eigenvalue weighted by Gasteiger charge is 2.43. The summed E-state index contributed by atoms with van der Waals surface area (Å²) in [5.41, 5.74) is 4.23. The molecule has 4 atom stereocenters. The van der Waals surface area contributed by atoms with Crippen LogP contribution in [0.25, 0.3) is 0 Å². The fourth-order valence-electron chi connectivity index (χ4n) is 6.56. The average molecular weight is 544 g/mol. The number of fused-ring (bicyclic) bond motifs is 2. The topological polar surface area (TPSA) is 62.8 Å². The Morgan fingerprint density at radius 3 is 2.66 bits per heavy atom. The van der Waals surface area contributed by atoms with Crippen molar-refractivity contribution in [1.29, 1.82) is 0 Å². The monoisotopic (exact) mass is 543 g/mol. The molecule has 2 aromatic rings. The van der Waals surface area contributed by atoms with E-state index in [1.165, 1.54) is 34.9 Å². The third kappa shape index (κ3) is 5.86. The number of morpholine rings is 1. The number of carbonyl (C=O) groups is 1. The van der Waals surface area contributed by atoms with Crippen molar-refractivity contribution in [3.05, 3.63) is 63.4 Å². The molecule has 2 aromatic carbocycles. The number of nitrogens with one attached hydrogen (secondary N) is 2. The summed E-state index contributed by atoms with van der Waals surface area (Å²) in [4.78, 5) is 15.5. The number of amides is 1. The maximum absolute atomic E-state index is 13.5. The molecule has 0 saturated carbocycles. The Balaban J connectivity index is 1.20. The molecule has 5 rings (SSSR count). The van der Waals surface area contributed by atoms with E-state index in [0.29, 0.717) is 24.3 Å². The molecule has 3 aliphatic rings. The Morgan fingerprint density at radius 2 is 1.97 bits per heavy atom. The van der Waals surface area contributed by atoms with Crippen LogP contribution in [-0.2, 0) is 4.74 Å². The Labute approximate surface area is 230 Å². The lowest BCUT2D eigenvalue weighted by Gasteiger charge is -2.43. The number of piperidine rings is 1. The van der Waals surface area contributed by atoms with Crippen LogP contribution in [0, 0.1) is 19.7 Å². The van der Waals surface area contributed by atoms with Gasteiger partial charge >= 0.3 is 0 Å². The first-order chi connectivity index (χ1) is 18.3.